The van der Waals surface area contributed by atoms with Gasteiger partial charge in [0.05, 0.1) is 11.5 Å². The largest absolute Gasteiger partial charge is 0.347 e. The number of rotatable bonds is 5. The fourth-order valence-corrected chi connectivity index (χ4v) is 3.61. The number of aryl methyl sites for hydroxylation is 1. The summed E-state index contributed by atoms with van der Waals surface area (Å²) in [6.07, 6.45) is 3.83. The molecule has 0 radical (unpaired) electrons. The summed E-state index contributed by atoms with van der Waals surface area (Å²) < 4.78 is 0. The van der Waals surface area contributed by atoms with E-state index in [0.29, 0.717) is 5.92 Å². The second-order valence-electron chi connectivity index (χ2n) is 5.95. The van der Waals surface area contributed by atoms with Crippen LogP contribution in [-0.2, 0) is 11.2 Å². The summed E-state index contributed by atoms with van der Waals surface area (Å²) in [6, 6.07) is -0.0102. The van der Waals surface area contributed by atoms with Crippen molar-refractivity contribution in [2.45, 2.75) is 46.6 Å². The maximum Gasteiger partial charge on any atom is 0.228 e. The van der Waals surface area contributed by atoms with Gasteiger partial charge in [-0.05, 0) is 32.2 Å². The highest BCUT2D eigenvalue weighted by Gasteiger charge is 2.44. The van der Waals surface area contributed by atoms with E-state index in [0.717, 1.165) is 30.9 Å². The van der Waals surface area contributed by atoms with Gasteiger partial charge in [-0.3, -0.25) is 4.79 Å². The highest BCUT2D eigenvalue weighted by atomic mass is 32.1. The molecule has 1 aliphatic rings. The summed E-state index contributed by atoms with van der Waals surface area (Å²) in [5.74, 6) is 0.505. The zero-order chi connectivity index (χ0) is 14.8. The molecule has 2 atom stereocenters. The Kier molecular flexibility index (Phi) is 4.81. The molecule has 20 heavy (non-hydrogen) atoms. The molecule has 2 unspecified atom stereocenters. The van der Waals surface area contributed by atoms with Gasteiger partial charge in [-0.15, -0.1) is 11.3 Å². The average Bonchev–Trinajstić information content (AvgIpc) is 3.08. The van der Waals surface area contributed by atoms with Gasteiger partial charge in [-0.2, -0.15) is 0 Å². The van der Waals surface area contributed by atoms with Crippen LogP contribution in [0.4, 0.5) is 0 Å². The lowest BCUT2D eigenvalue weighted by Crippen LogP contribution is -2.46. The number of amides is 1. The molecule has 1 aliphatic heterocycles. The molecule has 1 aromatic heterocycles. The summed E-state index contributed by atoms with van der Waals surface area (Å²) in [7, 11) is 0. The fraction of sp³-hybridized carbons (Fsp3) is 0.733. The van der Waals surface area contributed by atoms with Gasteiger partial charge < -0.3 is 10.6 Å². The topological polar surface area (TPSA) is 54.0 Å². The lowest BCUT2D eigenvalue weighted by Gasteiger charge is -2.32. The molecule has 1 saturated heterocycles. The van der Waals surface area contributed by atoms with Crippen molar-refractivity contribution in [2.24, 2.45) is 11.3 Å². The number of nitrogens with zero attached hydrogens (tertiary/aromatic N) is 1. The van der Waals surface area contributed by atoms with Crippen molar-refractivity contribution in [1.29, 1.82) is 0 Å². The van der Waals surface area contributed by atoms with E-state index < -0.39 is 0 Å². The number of nitrogens with one attached hydrogen (secondary N) is 2. The molecule has 2 heterocycles. The third kappa shape index (κ3) is 2.88. The van der Waals surface area contributed by atoms with Gasteiger partial charge in [0.25, 0.3) is 0 Å². The first-order chi connectivity index (χ1) is 9.49. The SMILES string of the molecule is CCc1cnc(C(C)NC(=O)C2(C(C)C)CCNC2)s1. The van der Waals surface area contributed by atoms with Crippen LogP contribution in [0, 0.1) is 11.3 Å². The molecule has 5 heteroatoms. The lowest BCUT2D eigenvalue weighted by atomic mass is 9.75. The van der Waals surface area contributed by atoms with Crippen LogP contribution in [0.1, 0.15) is 50.0 Å². The Morgan fingerprint density at radius 1 is 1.55 bits per heavy atom. The molecule has 1 fully saturated rings. The van der Waals surface area contributed by atoms with Crippen molar-refractivity contribution >= 4 is 17.2 Å². The normalized spacial score (nSPS) is 24.1. The van der Waals surface area contributed by atoms with Gasteiger partial charge in [-0.25, -0.2) is 4.98 Å². The van der Waals surface area contributed by atoms with Crippen molar-refractivity contribution in [3.8, 4) is 0 Å². The first-order valence-corrected chi connectivity index (χ1v) is 8.27. The molecule has 2 N–H and O–H groups in total. The van der Waals surface area contributed by atoms with Gasteiger partial charge in [-0.1, -0.05) is 20.8 Å². The van der Waals surface area contributed by atoms with Crippen molar-refractivity contribution in [3.05, 3.63) is 16.1 Å². The zero-order valence-electron chi connectivity index (χ0n) is 12.8. The molecular formula is C15H25N3OS. The maximum absolute atomic E-state index is 12.7. The number of carbonyl (C=O) groups excluding carboxylic acids is 1. The van der Waals surface area contributed by atoms with Gasteiger partial charge in [0.1, 0.15) is 5.01 Å². The summed E-state index contributed by atoms with van der Waals surface area (Å²) in [5, 5.41) is 7.49. The predicted molar refractivity (Wildman–Crippen MR) is 82.8 cm³/mol. The van der Waals surface area contributed by atoms with E-state index in [2.05, 4.69) is 36.4 Å². The summed E-state index contributed by atoms with van der Waals surface area (Å²) in [6.45, 7) is 10.1. The molecule has 0 spiro atoms. The Bertz CT molecular complexity index is 463. The van der Waals surface area contributed by atoms with Crippen LogP contribution in [0.15, 0.2) is 6.20 Å². The van der Waals surface area contributed by atoms with Crippen LogP contribution in [0.5, 0.6) is 0 Å². The van der Waals surface area contributed by atoms with E-state index in [-0.39, 0.29) is 17.4 Å². The van der Waals surface area contributed by atoms with Gasteiger partial charge in [0.15, 0.2) is 0 Å². The maximum atomic E-state index is 12.7. The van der Waals surface area contributed by atoms with E-state index in [9.17, 15) is 4.79 Å². The van der Waals surface area contributed by atoms with Crippen LogP contribution < -0.4 is 10.6 Å². The third-order valence-electron chi connectivity index (χ3n) is 4.38. The fourth-order valence-electron chi connectivity index (χ4n) is 2.75. The number of hydrogen-bond acceptors (Lipinski definition) is 4. The lowest BCUT2D eigenvalue weighted by molar-refractivity contribution is -0.133. The number of aromatic nitrogens is 1. The third-order valence-corrected chi connectivity index (χ3v) is 5.71. The standard InChI is InChI=1S/C15H25N3OS/c1-5-12-8-17-13(20-12)11(4)18-14(19)15(10(2)3)6-7-16-9-15/h8,10-11,16H,5-7,9H2,1-4H3,(H,18,19). The summed E-state index contributed by atoms with van der Waals surface area (Å²) in [5.41, 5.74) is -0.265. The number of carbonyl (C=O) groups is 1. The Morgan fingerprint density at radius 2 is 2.30 bits per heavy atom. The van der Waals surface area contributed by atoms with E-state index in [4.69, 9.17) is 0 Å². The Hall–Kier alpha value is -0.940. The summed E-state index contributed by atoms with van der Waals surface area (Å²) >= 11 is 1.69. The number of hydrogen-bond donors (Lipinski definition) is 2. The molecule has 112 valence electrons. The van der Waals surface area contributed by atoms with Crippen molar-refractivity contribution in [1.82, 2.24) is 15.6 Å². The second kappa shape index (κ2) is 6.22. The van der Waals surface area contributed by atoms with Crippen LogP contribution in [0.2, 0.25) is 0 Å². The molecule has 0 bridgehead atoms. The first kappa shape index (κ1) is 15.4. The number of thiazole rings is 1. The minimum Gasteiger partial charge on any atom is -0.347 e. The van der Waals surface area contributed by atoms with Crippen LogP contribution >= 0.6 is 11.3 Å². The van der Waals surface area contributed by atoms with Crippen molar-refractivity contribution in [3.63, 3.8) is 0 Å². The second-order valence-corrected chi connectivity index (χ2v) is 7.10. The average molecular weight is 295 g/mol. The van der Waals surface area contributed by atoms with Crippen LogP contribution in [0.3, 0.4) is 0 Å². The predicted octanol–water partition coefficient (Wildman–Crippen LogP) is 2.52. The molecule has 0 aromatic carbocycles. The highest BCUT2D eigenvalue weighted by Crippen LogP contribution is 2.35. The Balaban J connectivity index is 2.06. The molecular weight excluding hydrogens is 270 g/mol. The molecule has 1 aromatic rings. The molecule has 1 amide bonds. The minimum atomic E-state index is -0.265. The van der Waals surface area contributed by atoms with Crippen molar-refractivity contribution in [2.75, 3.05) is 13.1 Å². The first-order valence-electron chi connectivity index (χ1n) is 7.46. The smallest absolute Gasteiger partial charge is 0.228 e. The van der Waals surface area contributed by atoms with E-state index in [1.165, 1.54) is 4.88 Å². The van der Waals surface area contributed by atoms with E-state index in [1.54, 1.807) is 11.3 Å². The molecule has 4 nitrogen and oxygen atoms in total. The molecule has 0 saturated carbocycles. The molecule has 0 aliphatic carbocycles. The summed E-state index contributed by atoms with van der Waals surface area (Å²) in [4.78, 5) is 18.4. The minimum absolute atomic E-state index is 0.0102. The van der Waals surface area contributed by atoms with Gasteiger partial charge in [0, 0.05) is 17.6 Å². The van der Waals surface area contributed by atoms with Crippen molar-refractivity contribution < 1.29 is 4.79 Å². The monoisotopic (exact) mass is 295 g/mol. The van der Waals surface area contributed by atoms with Crippen LogP contribution in [0.25, 0.3) is 0 Å². The Morgan fingerprint density at radius 3 is 2.80 bits per heavy atom. The zero-order valence-corrected chi connectivity index (χ0v) is 13.6. The van der Waals surface area contributed by atoms with Crippen LogP contribution in [-0.4, -0.2) is 24.0 Å². The highest BCUT2D eigenvalue weighted by molar-refractivity contribution is 7.11. The molecule has 2 rings (SSSR count). The quantitative estimate of drug-likeness (QED) is 0.877. The van der Waals surface area contributed by atoms with E-state index in [1.807, 2.05) is 13.1 Å². The van der Waals surface area contributed by atoms with Gasteiger partial charge in [0.2, 0.25) is 5.91 Å². The van der Waals surface area contributed by atoms with Gasteiger partial charge >= 0.3 is 0 Å². The van der Waals surface area contributed by atoms with E-state index >= 15 is 0 Å². The Labute approximate surface area is 125 Å².